The lowest BCUT2D eigenvalue weighted by molar-refractivity contribution is -0.149. The standard InChI is InChI=1S/C45H91N5O4/c1-10-15-17-19-20-21-22-24-26-29-40(28-25-23-18-16-11-2)54-42(52)37-49-45(13-4,14-5)32-30-41(51)46-34-35-48-44(9,12-3)31-27-33-47-43(53)50-39(8)36-38(6)7/h38-40,48-49H,10-37H2,1-9H3,(H,46,51)(H2,47,50,53). The predicted molar refractivity (Wildman–Crippen MR) is 230 cm³/mol. The lowest BCUT2D eigenvalue weighted by atomic mass is 9.87. The Morgan fingerprint density at radius 2 is 1.17 bits per heavy atom. The van der Waals surface area contributed by atoms with Gasteiger partial charge < -0.3 is 31.3 Å². The van der Waals surface area contributed by atoms with Crippen LogP contribution in [0.1, 0.15) is 216 Å². The SMILES string of the molecule is CCCCCCCCCCCC(CCCCCCC)OC(=O)CNC(CC)(CC)CCC(=O)NCCNC(C)(CC)CCCNC(=O)NC(C)CC(C)C. The van der Waals surface area contributed by atoms with Crippen molar-refractivity contribution in [1.29, 1.82) is 0 Å². The molecule has 3 atom stereocenters. The zero-order valence-corrected chi connectivity index (χ0v) is 37.2. The van der Waals surface area contributed by atoms with Crippen molar-refractivity contribution in [3.8, 4) is 0 Å². The number of unbranched alkanes of at least 4 members (excludes halogenated alkanes) is 12. The number of esters is 1. The summed E-state index contributed by atoms with van der Waals surface area (Å²) >= 11 is 0. The van der Waals surface area contributed by atoms with Crippen LogP contribution in [0, 0.1) is 5.92 Å². The van der Waals surface area contributed by atoms with Gasteiger partial charge in [-0.2, -0.15) is 0 Å². The molecule has 0 aromatic rings. The molecule has 0 aromatic heterocycles. The van der Waals surface area contributed by atoms with Crippen molar-refractivity contribution in [2.75, 3.05) is 26.2 Å². The zero-order chi connectivity index (χ0) is 40.5. The summed E-state index contributed by atoms with van der Waals surface area (Å²) in [6, 6.07) is 0.0637. The van der Waals surface area contributed by atoms with E-state index in [4.69, 9.17) is 4.74 Å². The maximum Gasteiger partial charge on any atom is 0.320 e. The van der Waals surface area contributed by atoms with Crippen LogP contribution in [-0.2, 0) is 14.3 Å². The average Bonchev–Trinajstić information content (AvgIpc) is 3.14. The summed E-state index contributed by atoms with van der Waals surface area (Å²) in [6.45, 7) is 21.6. The molecule has 9 nitrogen and oxygen atoms in total. The first-order chi connectivity index (χ1) is 25.9. The number of carbonyl (C=O) groups is 3. The quantitative estimate of drug-likeness (QED) is 0.0317. The fourth-order valence-electron chi connectivity index (χ4n) is 7.47. The van der Waals surface area contributed by atoms with Gasteiger partial charge in [0.1, 0.15) is 6.10 Å². The van der Waals surface area contributed by atoms with Gasteiger partial charge in [0, 0.05) is 43.2 Å². The number of rotatable bonds is 37. The highest BCUT2D eigenvalue weighted by Crippen LogP contribution is 2.23. The van der Waals surface area contributed by atoms with E-state index >= 15 is 0 Å². The van der Waals surface area contributed by atoms with Crippen LogP contribution >= 0.6 is 0 Å². The highest BCUT2D eigenvalue weighted by atomic mass is 16.5. The van der Waals surface area contributed by atoms with Gasteiger partial charge in [-0.15, -0.1) is 0 Å². The number of amides is 3. The molecule has 0 radical (unpaired) electrons. The fourth-order valence-corrected chi connectivity index (χ4v) is 7.47. The van der Waals surface area contributed by atoms with Gasteiger partial charge in [-0.3, -0.25) is 9.59 Å². The van der Waals surface area contributed by atoms with Gasteiger partial charge in [0.2, 0.25) is 5.91 Å². The lowest BCUT2D eigenvalue weighted by Gasteiger charge is -2.33. The fraction of sp³-hybridized carbons (Fsp3) is 0.933. The third-order valence-corrected chi connectivity index (χ3v) is 11.5. The van der Waals surface area contributed by atoms with E-state index in [1.807, 2.05) is 6.92 Å². The Morgan fingerprint density at radius 3 is 1.69 bits per heavy atom. The first-order valence-corrected chi connectivity index (χ1v) is 22.9. The van der Waals surface area contributed by atoms with Gasteiger partial charge in [-0.25, -0.2) is 4.79 Å². The molecule has 0 heterocycles. The normalized spacial score (nSPS) is 14.0. The third-order valence-electron chi connectivity index (χ3n) is 11.5. The molecule has 0 aliphatic heterocycles. The van der Waals surface area contributed by atoms with Crippen molar-refractivity contribution < 1.29 is 19.1 Å². The zero-order valence-electron chi connectivity index (χ0n) is 37.2. The summed E-state index contributed by atoms with van der Waals surface area (Å²) in [5, 5.41) is 16.3. The summed E-state index contributed by atoms with van der Waals surface area (Å²) in [6.07, 6.45) is 26.2. The second kappa shape index (κ2) is 33.3. The van der Waals surface area contributed by atoms with Gasteiger partial charge in [0.25, 0.3) is 0 Å². The molecule has 0 aromatic carbocycles. The molecule has 0 aliphatic carbocycles. The molecule has 3 amide bonds. The van der Waals surface area contributed by atoms with E-state index in [1.54, 1.807) is 0 Å². The van der Waals surface area contributed by atoms with Gasteiger partial charge in [-0.05, 0) is 90.4 Å². The average molecular weight is 766 g/mol. The van der Waals surface area contributed by atoms with E-state index in [-0.39, 0.29) is 47.7 Å². The van der Waals surface area contributed by atoms with E-state index in [9.17, 15) is 14.4 Å². The van der Waals surface area contributed by atoms with Crippen molar-refractivity contribution in [2.24, 2.45) is 5.92 Å². The van der Waals surface area contributed by atoms with Crippen molar-refractivity contribution in [3.63, 3.8) is 0 Å². The van der Waals surface area contributed by atoms with Gasteiger partial charge >= 0.3 is 12.0 Å². The Balaban J connectivity index is 4.65. The van der Waals surface area contributed by atoms with Crippen LogP contribution < -0.4 is 26.6 Å². The van der Waals surface area contributed by atoms with Gasteiger partial charge in [-0.1, -0.05) is 126 Å². The Kier molecular flexibility index (Phi) is 32.1. The number of nitrogens with one attached hydrogen (secondary N) is 5. The largest absolute Gasteiger partial charge is 0.461 e. The maximum absolute atomic E-state index is 13.1. The molecule has 9 heteroatoms. The first kappa shape index (κ1) is 52.1. The molecule has 0 saturated carbocycles. The second-order valence-electron chi connectivity index (χ2n) is 17.0. The van der Waals surface area contributed by atoms with Crippen LogP contribution in [0.15, 0.2) is 0 Å². The van der Waals surface area contributed by atoms with E-state index in [0.717, 1.165) is 64.2 Å². The lowest BCUT2D eigenvalue weighted by Crippen LogP contribution is -2.48. The maximum atomic E-state index is 13.1. The summed E-state index contributed by atoms with van der Waals surface area (Å²) in [5.41, 5.74) is -0.340. The monoisotopic (exact) mass is 766 g/mol. The molecule has 0 aliphatic rings. The topological polar surface area (TPSA) is 121 Å². The predicted octanol–water partition coefficient (Wildman–Crippen LogP) is 10.5. The molecule has 320 valence electrons. The van der Waals surface area contributed by atoms with Crippen LogP contribution in [0.3, 0.4) is 0 Å². The van der Waals surface area contributed by atoms with Crippen LogP contribution in [-0.4, -0.2) is 67.3 Å². The molecule has 5 N–H and O–H groups in total. The highest BCUT2D eigenvalue weighted by Gasteiger charge is 2.28. The first-order valence-electron chi connectivity index (χ1n) is 22.9. The van der Waals surface area contributed by atoms with Crippen LogP contribution in [0.2, 0.25) is 0 Å². The second-order valence-corrected chi connectivity index (χ2v) is 17.0. The van der Waals surface area contributed by atoms with Gasteiger partial charge in [0.15, 0.2) is 0 Å². The molecule has 0 fully saturated rings. The van der Waals surface area contributed by atoms with Crippen LogP contribution in [0.5, 0.6) is 0 Å². The van der Waals surface area contributed by atoms with Gasteiger partial charge in [0.05, 0.1) is 6.54 Å². The molecular formula is C45H91N5O4. The van der Waals surface area contributed by atoms with E-state index in [0.29, 0.717) is 38.4 Å². The number of hydrogen-bond acceptors (Lipinski definition) is 6. The number of urea groups is 1. The summed E-state index contributed by atoms with van der Waals surface area (Å²) < 4.78 is 6.10. The van der Waals surface area contributed by atoms with Crippen molar-refractivity contribution in [3.05, 3.63) is 0 Å². The Morgan fingerprint density at radius 1 is 0.611 bits per heavy atom. The molecule has 0 saturated heterocycles. The summed E-state index contributed by atoms with van der Waals surface area (Å²) in [5.74, 6) is 0.422. The number of hydrogen-bond donors (Lipinski definition) is 5. The van der Waals surface area contributed by atoms with Crippen LogP contribution in [0.25, 0.3) is 0 Å². The van der Waals surface area contributed by atoms with Crippen molar-refractivity contribution >= 4 is 17.9 Å². The van der Waals surface area contributed by atoms with E-state index in [2.05, 4.69) is 82.0 Å². The van der Waals surface area contributed by atoms with E-state index < -0.39 is 0 Å². The molecule has 3 unspecified atom stereocenters. The third kappa shape index (κ3) is 28.5. The van der Waals surface area contributed by atoms with Crippen molar-refractivity contribution in [2.45, 2.75) is 240 Å². The Labute approximate surface area is 334 Å². The van der Waals surface area contributed by atoms with Crippen molar-refractivity contribution in [1.82, 2.24) is 26.6 Å². The van der Waals surface area contributed by atoms with Crippen LogP contribution in [0.4, 0.5) is 4.79 Å². The summed E-state index contributed by atoms with van der Waals surface area (Å²) in [4.78, 5) is 38.2. The minimum Gasteiger partial charge on any atom is -0.461 e. The van der Waals surface area contributed by atoms with E-state index in [1.165, 1.54) is 77.0 Å². The Bertz CT molecular complexity index is 928. The number of carbonyl (C=O) groups excluding carboxylic acids is 3. The molecule has 0 rings (SSSR count). The smallest absolute Gasteiger partial charge is 0.320 e. The summed E-state index contributed by atoms with van der Waals surface area (Å²) in [7, 11) is 0. The molecule has 0 bridgehead atoms. The number of ether oxygens (including phenoxy) is 1. The highest BCUT2D eigenvalue weighted by molar-refractivity contribution is 5.76. The minimum absolute atomic E-state index is 0.00332. The molecule has 54 heavy (non-hydrogen) atoms. The Hall–Kier alpha value is -1.87. The minimum atomic E-state index is -0.278. The molecular weight excluding hydrogens is 675 g/mol. The molecule has 0 spiro atoms.